The molecule has 0 unspecified atom stereocenters. The molecule has 0 radical (unpaired) electrons. The molecule has 0 amide bonds. The molecule has 2 aromatic rings. The van der Waals surface area contributed by atoms with Gasteiger partial charge in [-0.2, -0.15) is 0 Å². The van der Waals surface area contributed by atoms with Crippen molar-refractivity contribution in [3.8, 4) is 0 Å². The van der Waals surface area contributed by atoms with Crippen LogP contribution in [0.25, 0.3) is 0 Å². The molecule has 19 heavy (non-hydrogen) atoms. The number of hydrogen-bond donors (Lipinski definition) is 1. The van der Waals surface area contributed by atoms with Gasteiger partial charge in [0.2, 0.25) is 0 Å². The molecule has 0 saturated carbocycles. The van der Waals surface area contributed by atoms with E-state index in [1.807, 2.05) is 55.5 Å². The van der Waals surface area contributed by atoms with Crippen molar-refractivity contribution in [1.82, 2.24) is 0 Å². The van der Waals surface area contributed by atoms with E-state index < -0.39 is 0 Å². The van der Waals surface area contributed by atoms with Gasteiger partial charge >= 0.3 is 0 Å². The van der Waals surface area contributed by atoms with Gasteiger partial charge in [-0.3, -0.25) is 4.79 Å². The maximum atomic E-state index is 12.2. The molecule has 2 aromatic carbocycles. The molecule has 0 saturated heterocycles. The van der Waals surface area contributed by atoms with Crippen LogP contribution in [-0.4, -0.2) is 12.3 Å². The zero-order valence-electron chi connectivity index (χ0n) is 11.2. The van der Waals surface area contributed by atoms with Gasteiger partial charge in [-0.25, -0.2) is 0 Å². The van der Waals surface area contributed by atoms with Crippen LogP contribution in [0.1, 0.15) is 27.0 Å². The highest BCUT2D eigenvalue weighted by Crippen LogP contribution is 2.12. The number of Topliss-reactive ketones (excluding diaryl/α,β-unsaturated/α-hetero) is 1. The summed E-state index contributed by atoms with van der Waals surface area (Å²) in [6, 6.07) is 15.8. The van der Waals surface area contributed by atoms with Crippen molar-refractivity contribution in [2.24, 2.45) is 5.73 Å². The molecule has 0 spiro atoms. The van der Waals surface area contributed by atoms with Crippen molar-refractivity contribution >= 4 is 5.78 Å². The Morgan fingerprint density at radius 2 is 1.74 bits per heavy atom. The predicted octanol–water partition coefficient (Wildman–Crippen LogP) is 2.92. The lowest BCUT2D eigenvalue weighted by Gasteiger charge is -2.06. The lowest BCUT2D eigenvalue weighted by atomic mass is 9.98. The molecule has 0 heterocycles. The Balaban J connectivity index is 2.10. The minimum absolute atomic E-state index is 0.161. The van der Waals surface area contributed by atoms with Crippen molar-refractivity contribution in [2.75, 3.05) is 6.54 Å². The SMILES string of the molecule is Cc1ccccc1CC(=O)c1ccc(CCN)cc1. The van der Waals surface area contributed by atoms with Crippen LogP contribution < -0.4 is 5.73 Å². The van der Waals surface area contributed by atoms with Crippen molar-refractivity contribution in [1.29, 1.82) is 0 Å². The fraction of sp³-hybridized carbons (Fsp3) is 0.235. The van der Waals surface area contributed by atoms with Gasteiger partial charge in [-0.05, 0) is 36.6 Å². The molecular formula is C17H19NO. The van der Waals surface area contributed by atoms with Crippen molar-refractivity contribution in [3.05, 3.63) is 70.8 Å². The highest BCUT2D eigenvalue weighted by Gasteiger charge is 2.08. The molecule has 0 atom stereocenters. The van der Waals surface area contributed by atoms with E-state index in [0.717, 1.165) is 23.1 Å². The Labute approximate surface area is 114 Å². The molecular weight excluding hydrogens is 234 g/mol. The van der Waals surface area contributed by atoms with Crippen LogP contribution in [-0.2, 0) is 12.8 Å². The second kappa shape index (κ2) is 6.30. The summed E-state index contributed by atoms with van der Waals surface area (Å²) in [7, 11) is 0. The van der Waals surface area contributed by atoms with Gasteiger partial charge in [0.25, 0.3) is 0 Å². The van der Waals surface area contributed by atoms with Gasteiger partial charge in [-0.1, -0.05) is 48.5 Å². The molecule has 0 fully saturated rings. The van der Waals surface area contributed by atoms with Gasteiger partial charge in [-0.15, -0.1) is 0 Å². The zero-order valence-corrected chi connectivity index (χ0v) is 11.2. The first-order valence-electron chi connectivity index (χ1n) is 6.57. The average Bonchev–Trinajstić information content (AvgIpc) is 2.42. The molecule has 2 nitrogen and oxygen atoms in total. The number of aryl methyl sites for hydroxylation is 1. The van der Waals surface area contributed by atoms with E-state index in [9.17, 15) is 4.79 Å². The quantitative estimate of drug-likeness (QED) is 0.833. The van der Waals surface area contributed by atoms with Crippen molar-refractivity contribution in [2.45, 2.75) is 19.8 Å². The van der Waals surface area contributed by atoms with E-state index in [2.05, 4.69) is 0 Å². The maximum absolute atomic E-state index is 12.2. The highest BCUT2D eigenvalue weighted by molar-refractivity contribution is 5.97. The summed E-state index contributed by atoms with van der Waals surface area (Å²) in [5.41, 5.74) is 9.71. The molecule has 2 heteroatoms. The molecule has 0 aliphatic heterocycles. The Kier molecular flexibility index (Phi) is 4.48. The maximum Gasteiger partial charge on any atom is 0.167 e. The summed E-state index contributed by atoms with van der Waals surface area (Å²) in [6.07, 6.45) is 1.31. The molecule has 2 rings (SSSR count). The van der Waals surface area contributed by atoms with E-state index in [-0.39, 0.29) is 5.78 Å². The monoisotopic (exact) mass is 253 g/mol. The van der Waals surface area contributed by atoms with E-state index >= 15 is 0 Å². The number of hydrogen-bond acceptors (Lipinski definition) is 2. The third-order valence-corrected chi connectivity index (χ3v) is 3.32. The van der Waals surface area contributed by atoms with Crippen LogP contribution in [0, 0.1) is 6.92 Å². The van der Waals surface area contributed by atoms with Crippen LogP contribution >= 0.6 is 0 Å². The van der Waals surface area contributed by atoms with E-state index in [1.165, 1.54) is 5.56 Å². The zero-order chi connectivity index (χ0) is 13.7. The number of carbonyl (C=O) groups is 1. The first-order valence-corrected chi connectivity index (χ1v) is 6.57. The summed E-state index contributed by atoms with van der Waals surface area (Å²) in [5.74, 6) is 0.161. The van der Waals surface area contributed by atoms with Gasteiger partial charge in [0.1, 0.15) is 0 Å². The minimum Gasteiger partial charge on any atom is -0.330 e. The van der Waals surface area contributed by atoms with E-state index in [1.54, 1.807) is 0 Å². The number of ketones is 1. The average molecular weight is 253 g/mol. The third kappa shape index (κ3) is 3.52. The Bertz CT molecular complexity index is 558. The minimum atomic E-state index is 0.161. The topological polar surface area (TPSA) is 43.1 Å². The Morgan fingerprint density at radius 3 is 2.37 bits per heavy atom. The van der Waals surface area contributed by atoms with Crippen molar-refractivity contribution < 1.29 is 4.79 Å². The van der Waals surface area contributed by atoms with Gasteiger partial charge in [0.15, 0.2) is 5.78 Å². The van der Waals surface area contributed by atoms with E-state index in [4.69, 9.17) is 5.73 Å². The summed E-state index contributed by atoms with van der Waals surface area (Å²) < 4.78 is 0. The van der Waals surface area contributed by atoms with Gasteiger partial charge in [0.05, 0.1) is 0 Å². The van der Waals surface area contributed by atoms with E-state index in [0.29, 0.717) is 13.0 Å². The van der Waals surface area contributed by atoms with Crippen LogP contribution in [0.5, 0.6) is 0 Å². The Morgan fingerprint density at radius 1 is 1.05 bits per heavy atom. The summed E-state index contributed by atoms with van der Waals surface area (Å²) in [4.78, 5) is 12.2. The smallest absolute Gasteiger partial charge is 0.167 e. The lowest BCUT2D eigenvalue weighted by Crippen LogP contribution is -2.06. The molecule has 98 valence electrons. The fourth-order valence-electron chi connectivity index (χ4n) is 2.11. The molecule has 2 N–H and O–H groups in total. The van der Waals surface area contributed by atoms with Crippen LogP contribution in [0.2, 0.25) is 0 Å². The summed E-state index contributed by atoms with van der Waals surface area (Å²) >= 11 is 0. The first kappa shape index (κ1) is 13.5. The largest absolute Gasteiger partial charge is 0.330 e. The Hall–Kier alpha value is -1.93. The number of rotatable bonds is 5. The molecule has 0 aliphatic carbocycles. The van der Waals surface area contributed by atoms with Crippen LogP contribution in [0.3, 0.4) is 0 Å². The van der Waals surface area contributed by atoms with Crippen LogP contribution in [0.4, 0.5) is 0 Å². The number of benzene rings is 2. The fourth-order valence-corrected chi connectivity index (χ4v) is 2.11. The lowest BCUT2D eigenvalue weighted by molar-refractivity contribution is 0.0993. The van der Waals surface area contributed by atoms with Gasteiger partial charge in [0, 0.05) is 12.0 Å². The first-order chi connectivity index (χ1) is 9.20. The number of nitrogens with two attached hydrogens (primary N) is 1. The predicted molar refractivity (Wildman–Crippen MR) is 78.4 cm³/mol. The highest BCUT2D eigenvalue weighted by atomic mass is 16.1. The number of carbonyl (C=O) groups excluding carboxylic acids is 1. The van der Waals surface area contributed by atoms with Gasteiger partial charge < -0.3 is 5.73 Å². The molecule has 0 aromatic heterocycles. The third-order valence-electron chi connectivity index (χ3n) is 3.32. The van der Waals surface area contributed by atoms with Crippen molar-refractivity contribution in [3.63, 3.8) is 0 Å². The summed E-state index contributed by atoms with van der Waals surface area (Å²) in [5, 5.41) is 0. The second-order valence-corrected chi connectivity index (χ2v) is 4.76. The summed E-state index contributed by atoms with van der Waals surface area (Å²) in [6.45, 7) is 2.67. The normalized spacial score (nSPS) is 10.4. The molecule has 0 aliphatic rings. The molecule has 0 bridgehead atoms. The standard InChI is InChI=1S/C17H19NO/c1-13-4-2-3-5-16(13)12-17(19)15-8-6-14(7-9-15)10-11-18/h2-9H,10-12,18H2,1H3. The van der Waals surface area contributed by atoms with Crippen LogP contribution in [0.15, 0.2) is 48.5 Å². The second-order valence-electron chi connectivity index (χ2n) is 4.76.